The van der Waals surface area contributed by atoms with Crippen LogP contribution in [0.15, 0.2) is 54.6 Å². The Morgan fingerprint density at radius 2 is 1.74 bits per heavy atom. The van der Waals surface area contributed by atoms with E-state index in [1.54, 1.807) is 7.11 Å². The van der Waals surface area contributed by atoms with Gasteiger partial charge in [-0.1, -0.05) is 48.9 Å². The summed E-state index contributed by atoms with van der Waals surface area (Å²) in [4.78, 5) is 18.0. The maximum Gasteiger partial charge on any atom is 0.237 e. The first-order valence-corrected chi connectivity index (χ1v) is 11.7. The molecular formula is C26H35N3O2. The Bertz CT molecular complexity index is 818. The van der Waals surface area contributed by atoms with Crippen molar-refractivity contribution in [3.05, 3.63) is 65.7 Å². The van der Waals surface area contributed by atoms with Crippen LogP contribution in [0.5, 0.6) is 5.75 Å². The highest BCUT2D eigenvalue weighted by molar-refractivity contribution is 5.82. The lowest BCUT2D eigenvalue weighted by molar-refractivity contribution is -0.125. The zero-order valence-electron chi connectivity index (χ0n) is 18.6. The van der Waals surface area contributed by atoms with Crippen molar-refractivity contribution in [2.24, 2.45) is 0 Å². The Hall–Kier alpha value is -2.37. The van der Waals surface area contributed by atoms with E-state index in [0.29, 0.717) is 6.54 Å². The number of hydrogen-bond donors (Lipinski definition) is 1. The normalized spacial score (nSPS) is 21.0. The van der Waals surface area contributed by atoms with Gasteiger partial charge in [0.25, 0.3) is 0 Å². The number of likely N-dealkylation sites (tertiary alicyclic amines) is 2. The summed E-state index contributed by atoms with van der Waals surface area (Å²) >= 11 is 0. The molecule has 4 rings (SSSR count). The van der Waals surface area contributed by atoms with Crippen molar-refractivity contribution in [2.45, 2.75) is 50.7 Å². The Balaban J connectivity index is 1.41. The van der Waals surface area contributed by atoms with Crippen molar-refractivity contribution >= 4 is 5.91 Å². The molecule has 2 atom stereocenters. The number of carbonyl (C=O) groups is 1. The summed E-state index contributed by atoms with van der Waals surface area (Å²) in [6.07, 6.45) is 5.78. The molecule has 0 aromatic heterocycles. The van der Waals surface area contributed by atoms with E-state index in [0.717, 1.165) is 44.8 Å². The van der Waals surface area contributed by atoms with E-state index in [1.165, 1.54) is 30.4 Å². The Morgan fingerprint density at radius 3 is 2.45 bits per heavy atom. The fourth-order valence-electron chi connectivity index (χ4n) is 4.96. The van der Waals surface area contributed by atoms with Gasteiger partial charge in [-0.15, -0.1) is 0 Å². The molecule has 2 saturated heterocycles. The van der Waals surface area contributed by atoms with Gasteiger partial charge in [0.2, 0.25) is 5.91 Å². The molecule has 5 heteroatoms. The van der Waals surface area contributed by atoms with Gasteiger partial charge < -0.3 is 10.1 Å². The zero-order valence-corrected chi connectivity index (χ0v) is 18.6. The first-order valence-electron chi connectivity index (χ1n) is 11.7. The smallest absolute Gasteiger partial charge is 0.237 e. The number of ether oxygens (including phenoxy) is 1. The second-order valence-electron chi connectivity index (χ2n) is 8.74. The number of carbonyl (C=O) groups excluding carboxylic acids is 1. The van der Waals surface area contributed by atoms with Crippen LogP contribution in [-0.2, 0) is 11.3 Å². The van der Waals surface area contributed by atoms with E-state index in [9.17, 15) is 4.79 Å². The van der Waals surface area contributed by atoms with E-state index >= 15 is 0 Å². The molecule has 1 amide bonds. The second-order valence-corrected chi connectivity index (χ2v) is 8.74. The minimum atomic E-state index is -0.0296. The Morgan fingerprint density at radius 1 is 1.00 bits per heavy atom. The van der Waals surface area contributed by atoms with Gasteiger partial charge in [-0.05, 0) is 68.6 Å². The van der Waals surface area contributed by atoms with E-state index < -0.39 is 0 Å². The molecule has 2 aromatic carbocycles. The van der Waals surface area contributed by atoms with E-state index in [4.69, 9.17) is 4.74 Å². The van der Waals surface area contributed by atoms with Crippen LogP contribution in [-0.4, -0.2) is 55.0 Å². The van der Waals surface area contributed by atoms with Crippen molar-refractivity contribution in [1.29, 1.82) is 0 Å². The Labute approximate surface area is 186 Å². The van der Waals surface area contributed by atoms with Crippen LogP contribution in [0.1, 0.15) is 49.3 Å². The highest BCUT2D eigenvalue weighted by Crippen LogP contribution is 2.26. The van der Waals surface area contributed by atoms with Crippen LogP contribution >= 0.6 is 0 Å². The predicted octanol–water partition coefficient (Wildman–Crippen LogP) is 4.00. The third-order valence-corrected chi connectivity index (χ3v) is 6.70. The van der Waals surface area contributed by atoms with Crippen molar-refractivity contribution in [1.82, 2.24) is 15.1 Å². The van der Waals surface area contributed by atoms with Gasteiger partial charge in [-0.3, -0.25) is 14.6 Å². The first-order chi connectivity index (χ1) is 15.2. The number of benzene rings is 2. The van der Waals surface area contributed by atoms with Crippen molar-refractivity contribution < 1.29 is 9.53 Å². The lowest BCUT2D eigenvalue weighted by Crippen LogP contribution is -2.46. The number of rotatable bonds is 8. The van der Waals surface area contributed by atoms with Gasteiger partial charge in [-0.2, -0.15) is 0 Å². The molecule has 2 aromatic rings. The van der Waals surface area contributed by atoms with Gasteiger partial charge in [-0.25, -0.2) is 0 Å². The molecule has 0 bridgehead atoms. The number of methoxy groups -OCH3 is 1. The van der Waals surface area contributed by atoms with E-state index in [-0.39, 0.29) is 18.0 Å². The maximum absolute atomic E-state index is 13.2. The Kier molecular flexibility index (Phi) is 7.60. The molecule has 0 aliphatic carbocycles. The van der Waals surface area contributed by atoms with Crippen LogP contribution in [0.25, 0.3) is 0 Å². The average Bonchev–Trinajstić information content (AvgIpc) is 3.29. The number of amides is 1. The number of nitrogens with zero attached hydrogens (tertiary/aromatic N) is 2. The molecule has 0 radical (unpaired) electrons. The molecule has 2 aliphatic rings. The first kappa shape index (κ1) is 21.8. The molecule has 2 heterocycles. The summed E-state index contributed by atoms with van der Waals surface area (Å²) in [6, 6.07) is 19.0. The van der Waals surface area contributed by atoms with E-state index in [2.05, 4.69) is 51.5 Å². The van der Waals surface area contributed by atoms with Crippen molar-refractivity contribution in [3.63, 3.8) is 0 Å². The quantitative estimate of drug-likeness (QED) is 0.700. The zero-order chi connectivity index (χ0) is 21.5. The summed E-state index contributed by atoms with van der Waals surface area (Å²) in [5.74, 6) is 1.04. The van der Waals surface area contributed by atoms with Crippen molar-refractivity contribution in [3.8, 4) is 5.75 Å². The SMILES string of the molecule is COc1ccc(C(CNC(=O)C2CCCN2Cc2ccccc2)N2CCCCC2)cc1. The summed E-state index contributed by atoms with van der Waals surface area (Å²) in [5, 5.41) is 3.31. The van der Waals surface area contributed by atoms with Crippen LogP contribution in [0.4, 0.5) is 0 Å². The molecular weight excluding hydrogens is 386 g/mol. The van der Waals surface area contributed by atoms with Gasteiger partial charge in [0.1, 0.15) is 5.75 Å². The van der Waals surface area contributed by atoms with Crippen LogP contribution in [0.2, 0.25) is 0 Å². The van der Waals surface area contributed by atoms with Gasteiger partial charge >= 0.3 is 0 Å². The molecule has 166 valence electrons. The predicted molar refractivity (Wildman–Crippen MR) is 124 cm³/mol. The molecule has 2 aliphatic heterocycles. The van der Waals surface area contributed by atoms with Gasteiger partial charge in [0, 0.05) is 13.1 Å². The fraction of sp³-hybridized carbons (Fsp3) is 0.500. The molecule has 2 fully saturated rings. The third kappa shape index (κ3) is 5.66. The minimum Gasteiger partial charge on any atom is -0.497 e. The van der Waals surface area contributed by atoms with Gasteiger partial charge in [0.15, 0.2) is 0 Å². The average molecular weight is 422 g/mol. The standard InChI is InChI=1S/C26H35N3O2/c1-31-23-14-12-22(13-15-23)25(28-16-6-3-7-17-28)19-27-26(30)24-11-8-18-29(24)20-21-9-4-2-5-10-21/h2,4-5,9-10,12-15,24-25H,3,6-8,11,16-20H2,1H3,(H,27,30). The van der Waals surface area contributed by atoms with Crippen LogP contribution in [0, 0.1) is 0 Å². The fourth-order valence-corrected chi connectivity index (χ4v) is 4.96. The molecule has 2 unspecified atom stereocenters. The van der Waals surface area contributed by atoms with Gasteiger partial charge in [0.05, 0.1) is 19.2 Å². The topological polar surface area (TPSA) is 44.8 Å². The molecule has 31 heavy (non-hydrogen) atoms. The molecule has 0 spiro atoms. The summed E-state index contributed by atoms with van der Waals surface area (Å²) < 4.78 is 5.33. The number of piperidine rings is 1. The van der Waals surface area contributed by atoms with Crippen LogP contribution in [0.3, 0.4) is 0 Å². The minimum absolute atomic E-state index is 0.0296. The lowest BCUT2D eigenvalue weighted by atomic mass is 10.0. The molecule has 0 saturated carbocycles. The molecule has 1 N–H and O–H groups in total. The summed E-state index contributed by atoms with van der Waals surface area (Å²) in [7, 11) is 1.69. The third-order valence-electron chi connectivity index (χ3n) is 6.70. The number of hydrogen-bond acceptors (Lipinski definition) is 4. The van der Waals surface area contributed by atoms with E-state index in [1.807, 2.05) is 18.2 Å². The summed E-state index contributed by atoms with van der Waals surface area (Å²) in [5.41, 5.74) is 2.52. The lowest BCUT2D eigenvalue weighted by Gasteiger charge is -2.35. The highest BCUT2D eigenvalue weighted by Gasteiger charge is 2.31. The summed E-state index contributed by atoms with van der Waals surface area (Å²) in [6.45, 7) is 4.67. The second kappa shape index (κ2) is 10.8. The van der Waals surface area contributed by atoms with Crippen molar-refractivity contribution in [2.75, 3.05) is 33.3 Å². The highest BCUT2D eigenvalue weighted by atomic mass is 16.5. The monoisotopic (exact) mass is 421 g/mol. The molecule has 5 nitrogen and oxygen atoms in total. The number of nitrogens with one attached hydrogen (secondary N) is 1. The van der Waals surface area contributed by atoms with Crippen LogP contribution < -0.4 is 10.1 Å². The maximum atomic E-state index is 13.2. The largest absolute Gasteiger partial charge is 0.497 e.